The van der Waals surface area contributed by atoms with E-state index in [9.17, 15) is 18.8 Å². The zero-order chi connectivity index (χ0) is 30.8. The van der Waals surface area contributed by atoms with Gasteiger partial charge in [-0.15, -0.1) is 0 Å². The topological polar surface area (TPSA) is 127 Å². The van der Waals surface area contributed by atoms with Gasteiger partial charge in [0.25, 0.3) is 5.91 Å². The maximum atomic E-state index is 15.0. The fourth-order valence-electron chi connectivity index (χ4n) is 4.84. The molecule has 4 bridgehead atoms. The molecule has 230 valence electrons. The number of aromatic nitrogens is 2. The number of hydrogen-bond acceptors (Lipinski definition) is 7. The fourth-order valence-corrected chi connectivity index (χ4v) is 4.84. The van der Waals surface area contributed by atoms with Crippen molar-refractivity contribution in [3.05, 3.63) is 71.3 Å². The van der Waals surface area contributed by atoms with Crippen molar-refractivity contribution in [2.24, 2.45) is 7.05 Å². The minimum atomic E-state index is -0.698. The lowest BCUT2D eigenvalue weighted by molar-refractivity contribution is -0.129. The van der Waals surface area contributed by atoms with E-state index in [2.05, 4.69) is 25.9 Å². The van der Waals surface area contributed by atoms with Gasteiger partial charge in [0.1, 0.15) is 6.04 Å². The first kappa shape index (κ1) is 31.5. The summed E-state index contributed by atoms with van der Waals surface area (Å²) in [6, 6.07) is 8.39. The molecule has 11 nitrogen and oxygen atoms in total. The number of hydrogen-bond donors (Lipinski definition) is 3. The summed E-state index contributed by atoms with van der Waals surface area (Å²) in [6.45, 7) is 4.31. The quantitative estimate of drug-likeness (QED) is 0.423. The summed E-state index contributed by atoms with van der Waals surface area (Å²) in [5.41, 5.74) is 1.91. The Morgan fingerprint density at radius 3 is 2.60 bits per heavy atom. The maximum absolute atomic E-state index is 15.0. The summed E-state index contributed by atoms with van der Waals surface area (Å²) >= 11 is 0. The molecule has 0 saturated carbocycles. The second kappa shape index (κ2) is 15.1. The molecule has 1 atom stereocenters. The van der Waals surface area contributed by atoms with E-state index in [1.54, 1.807) is 22.9 Å². The van der Waals surface area contributed by atoms with Crippen molar-refractivity contribution < 1.29 is 28.2 Å². The van der Waals surface area contributed by atoms with Crippen LogP contribution in [0.15, 0.2) is 48.8 Å². The maximum Gasteiger partial charge on any atom is 0.251 e. The molecular formula is C31H39FN6O5. The molecule has 0 fully saturated rings. The van der Waals surface area contributed by atoms with E-state index < -0.39 is 11.9 Å². The largest absolute Gasteiger partial charge is 0.493 e. The smallest absolute Gasteiger partial charge is 0.251 e. The highest BCUT2D eigenvalue weighted by molar-refractivity contribution is 5.95. The lowest BCUT2D eigenvalue weighted by Gasteiger charge is -2.22. The second-order valence-corrected chi connectivity index (χ2v) is 10.5. The number of benzene rings is 2. The number of ether oxygens (including phenoxy) is 2. The van der Waals surface area contributed by atoms with Crippen molar-refractivity contribution >= 4 is 17.7 Å². The van der Waals surface area contributed by atoms with Crippen molar-refractivity contribution in [3.8, 4) is 17.2 Å². The van der Waals surface area contributed by atoms with Crippen LogP contribution in [-0.4, -0.2) is 65.2 Å². The number of methoxy groups -OCH3 is 1. The van der Waals surface area contributed by atoms with Gasteiger partial charge in [0.2, 0.25) is 11.8 Å². The monoisotopic (exact) mass is 594 g/mol. The molecule has 0 spiro atoms. The van der Waals surface area contributed by atoms with Crippen LogP contribution in [0.5, 0.6) is 17.2 Å². The van der Waals surface area contributed by atoms with Crippen LogP contribution in [0.1, 0.15) is 54.1 Å². The first-order chi connectivity index (χ1) is 20.7. The summed E-state index contributed by atoms with van der Waals surface area (Å²) in [7, 11) is 3.32. The number of nitrogens with one attached hydrogen (secondary N) is 3. The lowest BCUT2D eigenvalue weighted by atomic mass is 10.1. The van der Waals surface area contributed by atoms with Crippen molar-refractivity contribution in [3.63, 3.8) is 0 Å². The Labute approximate surface area is 250 Å². The first-order valence-corrected chi connectivity index (χ1v) is 14.4. The van der Waals surface area contributed by atoms with Gasteiger partial charge in [0, 0.05) is 57.0 Å². The number of halogens is 1. The Morgan fingerprint density at radius 2 is 1.88 bits per heavy atom. The molecule has 0 unspecified atom stereocenters. The molecule has 1 aromatic heterocycles. The molecule has 2 aliphatic rings. The van der Waals surface area contributed by atoms with E-state index in [0.717, 1.165) is 5.56 Å². The van der Waals surface area contributed by atoms with Gasteiger partial charge >= 0.3 is 0 Å². The molecule has 3 heterocycles. The minimum absolute atomic E-state index is 0.0586. The molecule has 0 saturated heterocycles. The Kier molecular flexibility index (Phi) is 11.1. The summed E-state index contributed by atoms with van der Waals surface area (Å²) < 4.78 is 27.9. The molecule has 43 heavy (non-hydrogen) atoms. The zero-order valence-corrected chi connectivity index (χ0v) is 24.8. The van der Waals surface area contributed by atoms with Gasteiger partial charge in [0.05, 0.1) is 13.3 Å². The van der Waals surface area contributed by atoms with Gasteiger partial charge in [-0.05, 0) is 61.7 Å². The van der Waals surface area contributed by atoms with Crippen molar-refractivity contribution in [1.29, 1.82) is 0 Å². The molecule has 12 heteroatoms. The SMILES string of the molecule is CC[C@@H]1NC(=O)CCCN(Cc2cnn(C)c2)CCCNC(=O)c2ccc(OC)c(c2)Oc2ccc(cc2F)CNC1=O. The van der Waals surface area contributed by atoms with Gasteiger partial charge < -0.3 is 25.4 Å². The first-order valence-electron chi connectivity index (χ1n) is 14.4. The van der Waals surface area contributed by atoms with Crippen LogP contribution in [-0.2, 0) is 29.7 Å². The number of carbonyl (C=O) groups excluding carboxylic acids is 3. The molecule has 2 aromatic carbocycles. The third-order valence-electron chi connectivity index (χ3n) is 7.15. The summed E-state index contributed by atoms with van der Waals surface area (Å²) in [4.78, 5) is 40.7. The molecular weight excluding hydrogens is 555 g/mol. The van der Waals surface area contributed by atoms with Crippen LogP contribution < -0.4 is 25.4 Å². The zero-order valence-electron chi connectivity index (χ0n) is 24.8. The minimum Gasteiger partial charge on any atom is -0.493 e. The number of fused-ring (bicyclic) bond motifs is 16. The standard InChI is InChI=1S/C31H39FN6O5/c1-4-25-31(41)34-17-21-8-10-26(24(32)15-21)43-28-16-23(9-11-27(28)42-3)30(40)33-12-6-14-38(13-5-7-29(39)36-25)20-22-18-35-37(2)19-22/h8-11,15-16,18-19,25H,4-7,12-14,17,20H2,1-3H3,(H,33,40)(H,34,41)(H,36,39)/t25-/m0/s1. The van der Waals surface area contributed by atoms with E-state index in [1.165, 1.54) is 25.3 Å². The highest BCUT2D eigenvalue weighted by atomic mass is 19.1. The van der Waals surface area contributed by atoms with Crippen LogP contribution in [0.25, 0.3) is 0 Å². The average molecular weight is 595 g/mol. The Hall–Kier alpha value is -4.45. The van der Waals surface area contributed by atoms with Crippen molar-refractivity contribution in [1.82, 2.24) is 30.6 Å². The van der Waals surface area contributed by atoms with E-state index >= 15 is 0 Å². The summed E-state index contributed by atoms with van der Waals surface area (Å²) in [6.07, 6.45) is 5.71. The van der Waals surface area contributed by atoms with Crippen molar-refractivity contribution in [2.75, 3.05) is 26.7 Å². The lowest BCUT2D eigenvalue weighted by Crippen LogP contribution is -2.46. The average Bonchev–Trinajstić information content (AvgIpc) is 3.41. The van der Waals surface area contributed by atoms with E-state index in [4.69, 9.17) is 9.47 Å². The van der Waals surface area contributed by atoms with Crippen LogP contribution in [0, 0.1) is 5.82 Å². The highest BCUT2D eigenvalue weighted by Crippen LogP contribution is 2.34. The predicted molar refractivity (Wildman–Crippen MR) is 158 cm³/mol. The summed E-state index contributed by atoms with van der Waals surface area (Å²) in [5.74, 6) is -1.01. The van der Waals surface area contributed by atoms with Gasteiger partial charge in [0.15, 0.2) is 23.1 Å². The molecule has 3 aromatic rings. The molecule has 5 rings (SSSR count). The highest BCUT2D eigenvalue weighted by Gasteiger charge is 2.20. The van der Waals surface area contributed by atoms with Crippen LogP contribution in [0.3, 0.4) is 0 Å². The Morgan fingerprint density at radius 1 is 1.07 bits per heavy atom. The van der Waals surface area contributed by atoms with E-state index in [-0.39, 0.29) is 42.2 Å². The molecule has 0 radical (unpaired) electrons. The number of amides is 3. The molecule has 0 aliphatic carbocycles. The van der Waals surface area contributed by atoms with Crippen molar-refractivity contribution in [2.45, 2.75) is 51.7 Å². The van der Waals surface area contributed by atoms with Crippen LogP contribution >= 0.6 is 0 Å². The number of rotatable bonds is 4. The Balaban J connectivity index is 1.54. The van der Waals surface area contributed by atoms with Gasteiger partial charge in [-0.25, -0.2) is 4.39 Å². The molecule has 3 amide bonds. The summed E-state index contributed by atoms with van der Waals surface area (Å²) in [5, 5.41) is 12.8. The predicted octanol–water partition coefficient (Wildman–Crippen LogP) is 3.29. The number of carbonyl (C=O) groups is 3. The fraction of sp³-hybridized carbons (Fsp3) is 0.419. The van der Waals surface area contributed by atoms with Gasteiger partial charge in [-0.2, -0.15) is 5.10 Å². The second-order valence-electron chi connectivity index (χ2n) is 10.5. The van der Waals surface area contributed by atoms with E-state index in [0.29, 0.717) is 62.3 Å². The van der Waals surface area contributed by atoms with Crippen LogP contribution in [0.4, 0.5) is 4.39 Å². The third-order valence-corrected chi connectivity index (χ3v) is 7.15. The number of aryl methyl sites for hydroxylation is 1. The molecule has 2 aliphatic heterocycles. The van der Waals surface area contributed by atoms with Gasteiger partial charge in [-0.1, -0.05) is 13.0 Å². The Bertz CT molecular complexity index is 1430. The molecule has 3 N–H and O–H groups in total. The number of nitrogens with zero attached hydrogens (tertiary/aromatic N) is 3. The van der Waals surface area contributed by atoms with E-state index in [1.807, 2.05) is 26.4 Å². The van der Waals surface area contributed by atoms with Gasteiger partial charge in [-0.3, -0.25) is 24.0 Å². The third kappa shape index (κ3) is 9.02. The normalized spacial score (nSPS) is 17.9. The van der Waals surface area contributed by atoms with Crippen LogP contribution in [0.2, 0.25) is 0 Å².